The molecule has 19 heavy (non-hydrogen) atoms. The van der Waals surface area contributed by atoms with Gasteiger partial charge in [0.25, 0.3) is 5.91 Å². The average Bonchev–Trinajstić information content (AvgIpc) is 2.82. The van der Waals surface area contributed by atoms with Gasteiger partial charge in [0.05, 0.1) is 5.01 Å². The van der Waals surface area contributed by atoms with Crippen LogP contribution in [-0.4, -0.2) is 35.1 Å². The Bertz CT molecular complexity index is 434. The second-order valence-corrected chi connectivity index (χ2v) is 5.36. The van der Waals surface area contributed by atoms with E-state index in [2.05, 4.69) is 10.3 Å². The first kappa shape index (κ1) is 15.6. The molecule has 1 amide bonds. The van der Waals surface area contributed by atoms with Gasteiger partial charge in [-0.05, 0) is 18.9 Å². The molecule has 7 heteroatoms. The molecule has 4 N–H and O–H groups in total. The zero-order valence-electron chi connectivity index (χ0n) is 10.9. The number of carbonyl (C=O) groups excluding carboxylic acids is 1. The Hall–Kier alpha value is -1.47. The zero-order valence-corrected chi connectivity index (χ0v) is 11.7. The van der Waals surface area contributed by atoms with E-state index in [1.165, 1.54) is 11.3 Å². The Morgan fingerprint density at radius 2 is 2.32 bits per heavy atom. The molecule has 1 rings (SSSR count). The first-order chi connectivity index (χ1) is 9.02. The van der Waals surface area contributed by atoms with Crippen LogP contribution in [0.1, 0.15) is 35.3 Å². The Morgan fingerprint density at radius 1 is 1.58 bits per heavy atom. The third kappa shape index (κ3) is 5.80. The SMILES string of the molecule is CC(CCC(=O)O)CNC(=O)c1csc(CCN)n1. The van der Waals surface area contributed by atoms with Crippen LogP contribution in [0.4, 0.5) is 0 Å². The van der Waals surface area contributed by atoms with Gasteiger partial charge in [-0.3, -0.25) is 9.59 Å². The Kier molecular flexibility index (Phi) is 6.44. The number of hydrogen-bond acceptors (Lipinski definition) is 5. The lowest BCUT2D eigenvalue weighted by atomic mass is 10.1. The van der Waals surface area contributed by atoms with E-state index in [9.17, 15) is 9.59 Å². The third-order valence-corrected chi connectivity index (χ3v) is 3.51. The van der Waals surface area contributed by atoms with Crippen LogP contribution in [0, 0.1) is 5.92 Å². The Labute approximate surface area is 116 Å². The van der Waals surface area contributed by atoms with Crippen molar-refractivity contribution < 1.29 is 14.7 Å². The van der Waals surface area contributed by atoms with Gasteiger partial charge in [0.2, 0.25) is 0 Å². The van der Waals surface area contributed by atoms with Gasteiger partial charge in [0, 0.05) is 24.8 Å². The maximum absolute atomic E-state index is 11.8. The number of rotatable bonds is 8. The fourth-order valence-corrected chi connectivity index (χ4v) is 2.28. The molecule has 0 aliphatic rings. The largest absolute Gasteiger partial charge is 0.481 e. The van der Waals surface area contributed by atoms with Crippen LogP contribution in [-0.2, 0) is 11.2 Å². The Balaban J connectivity index is 2.35. The molecule has 0 aliphatic heterocycles. The van der Waals surface area contributed by atoms with Gasteiger partial charge in [-0.25, -0.2) is 4.98 Å². The average molecular weight is 285 g/mol. The predicted molar refractivity (Wildman–Crippen MR) is 73.2 cm³/mol. The second-order valence-electron chi connectivity index (χ2n) is 4.41. The molecule has 1 atom stereocenters. The van der Waals surface area contributed by atoms with Crippen molar-refractivity contribution in [2.24, 2.45) is 11.7 Å². The summed E-state index contributed by atoms with van der Waals surface area (Å²) in [6, 6.07) is 0. The van der Waals surface area contributed by atoms with E-state index in [4.69, 9.17) is 10.8 Å². The molecular weight excluding hydrogens is 266 g/mol. The first-order valence-electron chi connectivity index (χ1n) is 6.17. The molecule has 0 aromatic carbocycles. The molecule has 0 aliphatic carbocycles. The minimum Gasteiger partial charge on any atom is -0.481 e. The lowest BCUT2D eigenvalue weighted by molar-refractivity contribution is -0.137. The van der Waals surface area contributed by atoms with E-state index in [1.807, 2.05) is 6.92 Å². The molecule has 0 radical (unpaired) electrons. The molecule has 0 spiro atoms. The van der Waals surface area contributed by atoms with E-state index >= 15 is 0 Å². The van der Waals surface area contributed by atoms with E-state index in [-0.39, 0.29) is 18.2 Å². The minimum absolute atomic E-state index is 0.119. The summed E-state index contributed by atoms with van der Waals surface area (Å²) in [6.07, 6.45) is 1.34. The lowest BCUT2D eigenvalue weighted by Crippen LogP contribution is -2.28. The number of carboxylic acid groups (broad SMARTS) is 1. The summed E-state index contributed by atoms with van der Waals surface area (Å²) in [5.74, 6) is -0.909. The monoisotopic (exact) mass is 285 g/mol. The van der Waals surface area contributed by atoms with Gasteiger partial charge in [0.1, 0.15) is 5.69 Å². The third-order valence-electron chi connectivity index (χ3n) is 2.60. The maximum Gasteiger partial charge on any atom is 0.303 e. The van der Waals surface area contributed by atoms with Crippen LogP contribution >= 0.6 is 11.3 Å². The van der Waals surface area contributed by atoms with Crippen molar-refractivity contribution in [3.8, 4) is 0 Å². The molecule has 0 saturated carbocycles. The topological polar surface area (TPSA) is 105 Å². The van der Waals surface area contributed by atoms with Crippen molar-refractivity contribution in [2.45, 2.75) is 26.2 Å². The maximum atomic E-state index is 11.8. The quantitative estimate of drug-likeness (QED) is 0.657. The van der Waals surface area contributed by atoms with E-state index in [0.29, 0.717) is 31.6 Å². The number of nitrogens with two attached hydrogens (primary N) is 1. The fraction of sp³-hybridized carbons (Fsp3) is 0.583. The van der Waals surface area contributed by atoms with Crippen molar-refractivity contribution in [1.29, 1.82) is 0 Å². The van der Waals surface area contributed by atoms with E-state index < -0.39 is 5.97 Å². The smallest absolute Gasteiger partial charge is 0.303 e. The molecule has 1 unspecified atom stereocenters. The molecule has 0 fully saturated rings. The van der Waals surface area contributed by atoms with Gasteiger partial charge in [-0.15, -0.1) is 11.3 Å². The highest BCUT2D eigenvalue weighted by atomic mass is 32.1. The number of carboxylic acids is 1. The molecule has 1 aromatic rings. The summed E-state index contributed by atoms with van der Waals surface area (Å²) in [4.78, 5) is 26.4. The summed E-state index contributed by atoms with van der Waals surface area (Å²) in [6.45, 7) is 2.88. The predicted octanol–water partition coefficient (Wildman–Crippen LogP) is 0.875. The number of nitrogens with zero attached hydrogens (tertiary/aromatic N) is 1. The van der Waals surface area contributed by atoms with Crippen LogP contribution in [0.5, 0.6) is 0 Å². The molecular formula is C12H19N3O3S. The highest BCUT2D eigenvalue weighted by Gasteiger charge is 2.12. The highest BCUT2D eigenvalue weighted by Crippen LogP contribution is 2.10. The van der Waals surface area contributed by atoms with Crippen molar-refractivity contribution in [1.82, 2.24) is 10.3 Å². The van der Waals surface area contributed by atoms with Crippen molar-refractivity contribution >= 4 is 23.2 Å². The first-order valence-corrected chi connectivity index (χ1v) is 7.05. The van der Waals surface area contributed by atoms with Gasteiger partial charge < -0.3 is 16.2 Å². The summed E-state index contributed by atoms with van der Waals surface area (Å²) >= 11 is 1.42. The number of nitrogens with one attached hydrogen (secondary N) is 1. The zero-order chi connectivity index (χ0) is 14.3. The summed E-state index contributed by atoms with van der Waals surface area (Å²) in [5.41, 5.74) is 5.82. The highest BCUT2D eigenvalue weighted by molar-refractivity contribution is 7.09. The summed E-state index contributed by atoms with van der Waals surface area (Å²) in [5, 5.41) is 13.9. The lowest BCUT2D eigenvalue weighted by Gasteiger charge is -2.10. The van der Waals surface area contributed by atoms with E-state index in [1.54, 1.807) is 5.38 Å². The second kappa shape index (κ2) is 7.85. The van der Waals surface area contributed by atoms with E-state index in [0.717, 1.165) is 5.01 Å². The Morgan fingerprint density at radius 3 is 2.95 bits per heavy atom. The molecule has 106 valence electrons. The summed E-state index contributed by atoms with van der Waals surface area (Å²) in [7, 11) is 0. The molecule has 1 aromatic heterocycles. The number of carbonyl (C=O) groups is 2. The number of hydrogen-bond donors (Lipinski definition) is 3. The number of amides is 1. The van der Waals surface area contributed by atoms with Crippen LogP contribution in [0.15, 0.2) is 5.38 Å². The normalized spacial score (nSPS) is 12.1. The van der Waals surface area contributed by atoms with Gasteiger partial charge in [-0.2, -0.15) is 0 Å². The standard InChI is InChI=1S/C12H19N3O3S/c1-8(2-3-11(16)17)6-14-12(18)9-7-19-10(15-9)4-5-13/h7-8H,2-6,13H2,1H3,(H,14,18)(H,16,17). The fourth-order valence-electron chi connectivity index (χ4n) is 1.48. The van der Waals surface area contributed by atoms with Crippen molar-refractivity contribution in [3.63, 3.8) is 0 Å². The van der Waals surface area contributed by atoms with Gasteiger partial charge >= 0.3 is 5.97 Å². The van der Waals surface area contributed by atoms with Gasteiger partial charge in [-0.1, -0.05) is 6.92 Å². The van der Waals surface area contributed by atoms with Crippen LogP contribution in [0.25, 0.3) is 0 Å². The van der Waals surface area contributed by atoms with Crippen molar-refractivity contribution in [2.75, 3.05) is 13.1 Å². The number of thiazole rings is 1. The van der Waals surface area contributed by atoms with Crippen LogP contribution in [0.3, 0.4) is 0 Å². The number of aromatic nitrogens is 1. The number of aliphatic carboxylic acids is 1. The molecule has 1 heterocycles. The van der Waals surface area contributed by atoms with Crippen LogP contribution < -0.4 is 11.1 Å². The summed E-state index contributed by atoms with van der Waals surface area (Å²) < 4.78 is 0. The molecule has 0 bridgehead atoms. The molecule has 0 saturated heterocycles. The van der Waals surface area contributed by atoms with Crippen LogP contribution in [0.2, 0.25) is 0 Å². The minimum atomic E-state index is -0.816. The molecule has 6 nitrogen and oxygen atoms in total. The van der Waals surface area contributed by atoms with Crippen molar-refractivity contribution in [3.05, 3.63) is 16.1 Å². The van der Waals surface area contributed by atoms with Gasteiger partial charge in [0.15, 0.2) is 0 Å².